The van der Waals surface area contributed by atoms with Crippen LogP contribution in [0.25, 0.3) is 0 Å². The van der Waals surface area contributed by atoms with E-state index in [0.29, 0.717) is 18.8 Å². The van der Waals surface area contributed by atoms with Crippen molar-refractivity contribution in [2.45, 2.75) is 45.7 Å². The van der Waals surface area contributed by atoms with Crippen LogP contribution in [0.5, 0.6) is 0 Å². The number of amides is 2. The van der Waals surface area contributed by atoms with Crippen molar-refractivity contribution in [1.82, 2.24) is 19.7 Å². The maximum Gasteiger partial charge on any atom is 0.272 e. The molecule has 2 saturated heterocycles. The molecular formula is C19H28N4O2. The molecule has 0 aliphatic carbocycles. The number of hydrogen-bond donors (Lipinski definition) is 0. The molecule has 2 aliphatic heterocycles. The quantitative estimate of drug-likeness (QED) is 0.835. The lowest BCUT2D eigenvalue weighted by molar-refractivity contribution is -0.142. The number of aromatic nitrogens is 1. The number of hydrogen-bond acceptors (Lipinski definition) is 4. The third-order valence-electron chi connectivity index (χ3n) is 5.24. The first-order chi connectivity index (χ1) is 12.0. The Balaban J connectivity index is 1.59. The number of piperazine rings is 1. The first-order valence-electron chi connectivity index (χ1n) is 9.24. The van der Waals surface area contributed by atoms with Crippen LogP contribution in [-0.4, -0.2) is 76.3 Å². The summed E-state index contributed by atoms with van der Waals surface area (Å²) in [5.41, 5.74) is 1.55. The van der Waals surface area contributed by atoms with Gasteiger partial charge in [0, 0.05) is 45.0 Å². The second kappa shape index (κ2) is 7.52. The van der Waals surface area contributed by atoms with Crippen molar-refractivity contribution in [2.24, 2.45) is 0 Å². The fourth-order valence-corrected chi connectivity index (χ4v) is 3.72. The fourth-order valence-electron chi connectivity index (χ4n) is 3.72. The normalized spacial score (nSPS) is 22.6. The van der Waals surface area contributed by atoms with E-state index in [1.807, 2.05) is 22.8 Å². The van der Waals surface area contributed by atoms with Crippen LogP contribution in [0.15, 0.2) is 18.3 Å². The van der Waals surface area contributed by atoms with Gasteiger partial charge in [0.25, 0.3) is 5.91 Å². The molecule has 2 amide bonds. The van der Waals surface area contributed by atoms with Gasteiger partial charge in [-0.05, 0) is 45.2 Å². The number of rotatable bonds is 3. The van der Waals surface area contributed by atoms with E-state index >= 15 is 0 Å². The summed E-state index contributed by atoms with van der Waals surface area (Å²) in [6.07, 6.45) is 3.71. The summed E-state index contributed by atoms with van der Waals surface area (Å²) in [6, 6.07) is 3.93. The van der Waals surface area contributed by atoms with Gasteiger partial charge < -0.3 is 9.80 Å². The number of pyridine rings is 1. The van der Waals surface area contributed by atoms with Crippen molar-refractivity contribution in [3.05, 3.63) is 29.6 Å². The Morgan fingerprint density at radius 1 is 1.16 bits per heavy atom. The van der Waals surface area contributed by atoms with E-state index in [1.165, 1.54) is 0 Å². The van der Waals surface area contributed by atoms with Gasteiger partial charge in [-0.1, -0.05) is 6.07 Å². The third kappa shape index (κ3) is 3.84. The molecule has 136 valence electrons. The van der Waals surface area contributed by atoms with Crippen LogP contribution in [0, 0.1) is 6.92 Å². The van der Waals surface area contributed by atoms with Crippen molar-refractivity contribution in [3.63, 3.8) is 0 Å². The van der Waals surface area contributed by atoms with Crippen LogP contribution in [0.3, 0.4) is 0 Å². The molecule has 6 heteroatoms. The molecule has 0 radical (unpaired) electrons. The Morgan fingerprint density at radius 2 is 1.88 bits per heavy atom. The number of carbonyl (C=O) groups is 2. The van der Waals surface area contributed by atoms with Crippen molar-refractivity contribution >= 4 is 11.8 Å². The molecular weight excluding hydrogens is 316 g/mol. The van der Waals surface area contributed by atoms with E-state index in [2.05, 4.69) is 23.7 Å². The molecule has 0 unspecified atom stereocenters. The fraction of sp³-hybridized carbons (Fsp3) is 0.632. The minimum atomic E-state index is -0.0223. The second-order valence-corrected chi connectivity index (χ2v) is 7.33. The van der Waals surface area contributed by atoms with Gasteiger partial charge in [-0.2, -0.15) is 0 Å². The lowest BCUT2D eigenvalue weighted by atomic mass is 10.0. The molecule has 1 atom stereocenters. The molecule has 2 fully saturated rings. The summed E-state index contributed by atoms with van der Waals surface area (Å²) in [7, 11) is 0. The summed E-state index contributed by atoms with van der Waals surface area (Å²) < 4.78 is 0. The van der Waals surface area contributed by atoms with Crippen LogP contribution < -0.4 is 0 Å². The zero-order valence-electron chi connectivity index (χ0n) is 15.4. The van der Waals surface area contributed by atoms with Crippen molar-refractivity contribution < 1.29 is 9.59 Å². The monoisotopic (exact) mass is 344 g/mol. The highest BCUT2D eigenvalue weighted by Crippen LogP contribution is 2.21. The molecule has 1 aromatic heterocycles. The Morgan fingerprint density at radius 3 is 2.48 bits per heavy atom. The van der Waals surface area contributed by atoms with Crippen molar-refractivity contribution in [1.29, 1.82) is 0 Å². The third-order valence-corrected chi connectivity index (χ3v) is 5.24. The van der Waals surface area contributed by atoms with Crippen LogP contribution >= 0.6 is 0 Å². The highest BCUT2D eigenvalue weighted by atomic mass is 16.2. The standard InChI is InChI=1S/C19H28N4O2/c1-14(2)23-8-4-5-17(19(23)25)21-9-11-22(12-10-21)18(24)16-7-6-15(3)13-20-16/h6-7,13-14,17H,4-5,8-12H2,1-3H3/t17-/m0/s1. The second-order valence-electron chi connectivity index (χ2n) is 7.33. The van der Waals surface area contributed by atoms with Crippen molar-refractivity contribution in [2.75, 3.05) is 32.7 Å². The molecule has 6 nitrogen and oxygen atoms in total. The Hall–Kier alpha value is -1.95. The van der Waals surface area contributed by atoms with Crippen molar-refractivity contribution in [3.8, 4) is 0 Å². The highest BCUT2D eigenvalue weighted by Gasteiger charge is 2.36. The Labute approximate surface area is 149 Å². The maximum absolute atomic E-state index is 12.7. The number of aryl methyl sites for hydroxylation is 1. The van der Waals surface area contributed by atoms with Gasteiger partial charge in [0.15, 0.2) is 0 Å². The maximum atomic E-state index is 12.7. The number of nitrogens with zero attached hydrogens (tertiary/aromatic N) is 4. The summed E-state index contributed by atoms with van der Waals surface area (Å²) in [5, 5.41) is 0. The summed E-state index contributed by atoms with van der Waals surface area (Å²) in [6.45, 7) is 9.78. The zero-order chi connectivity index (χ0) is 18.0. The largest absolute Gasteiger partial charge is 0.339 e. The predicted molar refractivity (Wildman–Crippen MR) is 96.3 cm³/mol. The molecule has 3 heterocycles. The average molecular weight is 344 g/mol. The van der Waals surface area contributed by atoms with E-state index in [4.69, 9.17) is 0 Å². The number of carbonyl (C=O) groups excluding carboxylic acids is 2. The van der Waals surface area contributed by atoms with Gasteiger partial charge in [-0.25, -0.2) is 0 Å². The molecule has 1 aromatic rings. The summed E-state index contributed by atoms with van der Waals surface area (Å²) >= 11 is 0. The minimum Gasteiger partial charge on any atom is -0.339 e. The van der Waals surface area contributed by atoms with E-state index < -0.39 is 0 Å². The van der Waals surface area contributed by atoms with Gasteiger partial charge in [0.05, 0.1) is 6.04 Å². The molecule has 0 spiro atoms. The summed E-state index contributed by atoms with van der Waals surface area (Å²) in [4.78, 5) is 35.6. The van der Waals surface area contributed by atoms with E-state index in [9.17, 15) is 9.59 Å². The Bertz CT molecular complexity index is 621. The van der Waals surface area contributed by atoms with Crippen LogP contribution in [-0.2, 0) is 4.79 Å². The topological polar surface area (TPSA) is 56.8 Å². The Kier molecular flexibility index (Phi) is 5.37. The molecule has 0 saturated carbocycles. The lowest BCUT2D eigenvalue weighted by Crippen LogP contribution is -2.59. The first kappa shape index (κ1) is 17.9. The zero-order valence-corrected chi connectivity index (χ0v) is 15.4. The molecule has 0 bridgehead atoms. The molecule has 3 rings (SSSR count). The molecule has 0 N–H and O–H groups in total. The predicted octanol–water partition coefficient (Wildman–Crippen LogP) is 1.55. The minimum absolute atomic E-state index is 0.0153. The summed E-state index contributed by atoms with van der Waals surface area (Å²) in [5.74, 6) is 0.236. The number of piperidine rings is 1. The first-order valence-corrected chi connectivity index (χ1v) is 9.24. The molecule has 0 aromatic carbocycles. The van der Waals surface area contributed by atoms with Crippen LogP contribution in [0.2, 0.25) is 0 Å². The van der Waals surface area contributed by atoms with Gasteiger partial charge >= 0.3 is 0 Å². The van der Waals surface area contributed by atoms with Crippen LogP contribution in [0.1, 0.15) is 42.7 Å². The average Bonchev–Trinajstić information content (AvgIpc) is 2.62. The smallest absolute Gasteiger partial charge is 0.272 e. The van der Waals surface area contributed by atoms with Gasteiger partial charge in [-0.3, -0.25) is 19.5 Å². The molecule has 25 heavy (non-hydrogen) atoms. The SMILES string of the molecule is Cc1ccc(C(=O)N2CCN([C@H]3CCCN(C(C)C)C3=O)CC2)nc1. The number of likely N-dealkylation sites (tertiary alicyclic amines) is 1. The van der Waals surface area contributed by atoms with E-state index in [1.54, 1.807) is 12.3 Å². The lowest BCUT2D eigenvalue weighted by Gasteiger charge is -2.43. The van der Waals surface area contributed by atoms with E-state index in [0.717, 1.165) is 38.0 Å². The van der Waals surface area contributed by atoms with Gasteiger partial charge in [-0.15, -0.1) is 0 Å². The molecule has 2 aliphatic rings. The van der Waals surface area contributed by atoms with Crippen LogP contribution in [0.4, 0.5) is 0 Å². The van der Waals surface area contributed by atoms with Gasteiger partial charge in [0.2, 0.25) is 5.91 Å². The highest BCUT2D eigenvalue weighted by molar-refractivity contribution is 5.92. The van der Waals surface area contributed by atoms with E-state index in [-0.39, 0.29) is 23.9 Å². The van der Waals surface area contributed by atoms with Gasteiger partial charge in [0.1, 0.15) is 5.69 Å².